The van der Waals surface area contributed by atoms with E-state index in [0.29, 0.717) is 12.8 Å². The lowest BCUT2D eigenvalue weighted by atomic mass is 9.89. The highest BCUT2D eigenvalue weighted by Gasteiger charge is 2.50. The molecule has 0 aromatic heterocycles. The van der Waals surface area contributed by atoms with Crippen LogP contribution in [-0.4, -0.2) is 17.5 Å². The smallest absolute Gasteiger partial charge is 0.228 e. The highest BCUT2D eigenvalue weighted by atomic mass is 79.9. The van der Waals surface area contributed by atoms with Crippen LogP contribution in [0.4, 0.5) is 0 Å². The van der Waals surface area contributed by atoms with Crippen molar-refractivity contribution in [1.29, 1.82) is 0 Å². The monoisotopic (exact) mass is 489 g/mol. The predicted molar refractivity (Wildman–Crippen MR) is 109 cm³/mol. The van der Waals surface area contributed by atoms with Crippen LogP contribution in [0.3, 0.4) is 0 Å². The predicted octanol–water partition coefficient (Wildman–Crippen LogP) is 4.26. The zero-order chi connectivity index (χ0) is 19.2. The maximum Gasteiger partial charge on any atom is 0.228 e. The molecule has 1 amide bonds. The van der Waals surface area contributed by atoms with Crippen molar-refractivity contribution in [3.05, 3.63) is 67.6 Å². The Bertz CT molecular complexity index is 985. The van der Waals surface area contributed by atoms with Crippen LogP contribution in [0.25, 0.3) is 0 Å². The van der Waals surface area contributed by atoms with E-state index in [2.05, 4.69) is 37.2 Å². The molecule has 1 spiro atoms. The van der Waals surface area contributed by atoms with E-state index in [1.54, 1.807) is 0 Å². The van der Waals surface area contributed by atoms with E-state index in [4.69, 9.17) is 0 Å². The zero-order valence-electron chi connectivity index (χ0n) is 14.5. The molecule has 1 N–H and O–H groups in total. The molecule has 5 rings (SSSR count). The number of carbonyl (C=O) groups is 3. The molecule has 27 heavy (non-hydrogen) atoms. The first-order valence-electron chi connectivity index (χ1n) is 8.84. The summed E-state index contributed by atoms with van der Waals surface area (Å²) in [5.41, 5.74) is 3.52. The molecular formula is C21H17Br2NO3. The molecule has 2 aromatic carbocycles. The summed E-state index contributed by atoms with van der Waals surface area (Å²) in [7, 11) is 0. The molecule has 4 nitrogen and oxygen atoms in total. The molecule has 138 valence electrons. The second-order valence-corrected chi connectivity index (χ2v) is 8.91. The van der Waals surface area contributed by atoms with Gasteiger partial charge in [-0.3, -0.25) is 14.4 Å². The summed E-state index contributed by atoms with van der Waals surface area (Å²) in [6.45, 7) is 0. The van der Waals surface area contributed by atoms with Gasteiger partial charge in [-0.25, -0.2) is 0 Å². The van der Waals surface area contributed by atoms with Gasteiger partial charge in [0.25, 0.3) is 0 Å². The highest BCUT2D eigenvalue weighted by Crippen LogP contribution is 2.41. The summed E-state index contributed by atoms with van der Waals surface area (Å²) >= 11 is 6.79. The molecule has 1 fully saturated rings. The lowest BCUT2D eigenvalue weighted by molar-refractivity contribution is -0.123. The Hall–Kier alpha value is -1.79. The number of aryl methyl sites for hydroxylation is 2. The van der Waals surface area contributed by atoms with Crippen LogP contribution in [0.5, 0.6) is 0 Å². The van der Waals surface area contributed by atoms with E-state index in [1.807, 2.05) is 36.4 Å². The van der Waals surface area contributed by atoms with Gasteiger partial charge < -0.3 is 5.32 Å². The fourth-order valence-corrected chi connectivity index (χ4v) is 4.95. The number of nitrogens with one attached hydrogen (secondary N) is 1. The zero-order valence-corrected chi connectivity index (χ0v) is 17.7. The molecule has 2 aromatic rings. The van der Waals surface area contributed by atoms with E-state index in [0.717, 1.165) is 38.5 Å². The molecule has 1 aliphatic heterocycles. The second-order valence-electron chi connectivity index (χ2n) is 7.08. The van der Waals surface area contributed by atoms with E-state index < -0.39 is 5.54 Å². The van der Waals surface area contributed by atoms with Crippen LogP contribution in [0.15, 0.2) is 45.3 Å². The number of carbonyl (C=O) groups excluding carboxylic acids is 3. The number of amides is 1. The number of fused-ring (bicyclic) bond motifs is 3. The summed E-state index contributed by atoms with van der Waals surface area (Å²) in [6.07, 6.45) is 3.17. The first kappa shape index (κ1) is 18.6. The summed E-state index contributed by atoms with van der Waals surface area (Å²) in [5, 5.41) is 2.85. The minimum atomic E-state index is -0.715. The average molecular weight is 491 g/mol. The van der Waals surface area contributed by atoms with Crippen LogP contribution in [0.1, 0.15) is 46.3 Å². The van der Waals surface area contributed by atoms with Crippen LogP contribution >= 0.6 is 31.9 Å². The lowest BCUT2D eigenvalue weighted by Crippen LogP contribution is -2.41. The molecule has 3 aliphatic rings. The third kappa shape index (κ3) is 3.29. The Morgan fingerprint density at radius 2 is 1.56 bits per heavy atom. The Kier molecular flexibility index (Phi) is 4.80. The molecule has 1 heterocycles. The number of ketones is 2. The van der Waals surface area contributed by atoms with Crippen LogP contribution in [-0.2, 0) is 28.0 Å². The van der Waals surface area contributed by atoms with E-state index in [9.17, 15) is 14.4 Å². The maximum absolute atomic E-state index is 12.0. The van der Waals surface area contributed by atoms with Gasteiger partial charge in [-0.2, -0.15) is 0 Å². The molecule has 1 unspecified atom stereocenters. The number of benzene rings is 2. The Balaban J connectivity index is 0.000000143. The van der Waals surface area contributed by atoms with Gasteiger partial charge in [-0.05, 0) is 60.2 Å². The van der Waals surface area contributed by atoms with Gasteiger partial charge in [0.15, 0.2) is 11.6 Å². The minimum Gasteiger partial charge on any atom is -0.339 e. The lowest BCUT2D eigenvalue weighted by Gasteiger charge is -2.22. The van der Waals surface area contributed by atoms with Crippen molar-refractivity contribution in [3.63, 3.8) is 0 Å². The molecule has 0 radical (unpaired) electrons. The van der Waals surface area contributed by atoms with Gasteiger partial charge in [0.1, 0.15) is 5.54 Å². The summed E-state index contributed by atoms with van der Waals surface area (Å²) in [5.74, 6) is 0.145. The molecule has 0 saturated carbocycles. The van der Waals surface area contributed by atoms with E-state index in [-0.39, 0.29) is 23.9 Å². The number of Topliss-reactive ketones (excluding diaryl/α,β-unsaturated/α-hetero) is 2. The minimum absolute atomic E-state index is 0.0126. The molecule has 6 heteroatoms. The van der Waals surface area contributed by atoms with Crippen molar-refractivity contribution in [3.8, 4) is 0 Å². The third-order valence-electron chi connectivity index (χ3n) is 5.44. The van der Waals surface area contributed by atoms with Gasteiger partial charge >= 0.3 is 0 Å². The Labute approximate surface area is 174 Å². The van der Waals surface area contributed by atoms with Crippen molar-refractivity contribution < 1.29 is 14.4 Å². The maximum atomic E-state index is 12.0. The second kappa shape index (κ2) is 6.99. The number of hydrogen-bond acceptors (Lipinski definition) is 3. The molecule has 1 saturated heterocycles. The van der Waals surface area contributed by atoms with Crippen LogP contribution < -0.4 is 5.32 Å². The van der Waals surface area contributed by atoms with Crippen molar-refractivity contribution in [2.75, 3.05) is 0 Å². The summed E-state index contributed by atoms with van der Waals surface area (Å²) in [4.78, 5) is 34.5. The van der Waals surface area contributed by atoms with E-state index in [1.165, 1.54) is 5.56 Å². The number of halogens is 2. The van der Waals surface area contributed by atoms with Crippen molar-refractivity contribution in [2.24, 2.45) is 0 Å². The Morgan fingerprint density at radius 3 is 2.26 bits per heavy atom. The first-order chi connectivity index (χ1) is 12.9. The molecule has 1 atom stereocenters. The number of hydrogen-bond donors (Lipinski definition) is 1. The quantitative estimate of drug-likeness (QED) is 0.561. The van der Waals surface area contributed by atoms with E-state index >= 15 is 0 Å². The normalized spacial score (nSPS) is 22.4. The van der Waals surface area contributed by atoms with Gasteiger partial charge in [0.05, 0.1) is 6.42 Å². The van der Waals surface area contributed by atoms with Crippen molar-refractivity contribution in [2.45, 2.75) is 37.6 Å². The van der Waals surface area contributed by atoms with Crippen molar-refractivity contribution in [1.82, 2.24) is 5.32 Å². The standard InChI is InChI=1S/C12H10BrNO2.C9H7BrO/c13-8-1-2-9-7(5-8)3-4-12(9)10(15)6-11(16)14-12;10-7-2-3-8-6(5-7)1-4-9(8)11/h1-2,5H,3-4,6H2,(H,14,16);2-3,5H,1,4H2. The highest BCUT2D eigenvalue weighted by molar-refractivity contribution is 9.10. The Morgan fingerprint density at radius 1 is 0.852 bits per heavy atom. The fourth-order valence-electron chi connectivity index (χ4n) is 4.13. The summed E-state index contributed by atoms with van der Waals surface area (Å²) in [6, 6.07) is 11.7. The van der Waals surface area contributed by atoms with Gasteiger partial charge in [-0.1, -0.05) is 44.0 Å². The van der Waals surface area contributed by atoms with Crippen LogP contribution in [0.2, 0.25) is 0 Å². The van der Waals surface area contributed by atoms with Gasteiger partial charge in [0, 0.05) is 20.9 Å². The average Bonchev–Trinajstić information content (AvgIpc) is 3.25. The molecule has 2 aliphatic carbocycles. The SMILES string of the molecule is O=C1CC(=O)C2(CCc3cc(Br)ccc32)N1.O=C1CCc2cc(Br)ccc21. The summed E-state index contributed by atoms with van der Waals surface area (Å²) < 4.78 is 2.08. The topological polar surface area (TPSA) is 63.2 Å². The molecular weight excluding hydrogens is 474 g/mol. The van der Waals surface area contributed by atoms with Crippen LogP contribution in [0, 0.1) is 0 Å². The fraction of sp³-hybridized carbons (Fsp3) is 0.286. The van der Waals surface area contributed by atoms with Crippen molar-refractivity contribution >= 4 is 49.3 Å². The first-order valence-corrected chi connectivity index (χ1v) is 10.4. The van der Waals surface area contributed by atoms with Gasteiger partial charge in [-0.15, -0.1) is 0 Å². The number of rotatable bonds is 0. The third-order valence-corrected chi connectivity index (χ3v) is 6.42. The largest absolute Gasteiger partial charge is 0.339 e. The molecule has 0 bridgehead atoms. The van der Waals surface area contributed by atoms with Gasteiger partial charge in [0.2, 0.25) is 5.91 Å².